The van der Waals surface area contributed by atoms with Gasteiger partial charge >= 0.3 is 0 Å². The second kappa shape index (κ2) is 4.35. The predicted molar refractivity (Wildman–Crippen MR) is 64.0 cm³/mol. The molecule has 0 saturated heterocycles. The molecule has 0 amide bonds. The van der Waals surface area contributed by atoms with E-state index in [1.807, 2.05) is 18.2 Å². The Morgan fingerprint density at radius 2 is 2.27 bits per heavy atom. The van der Waals surface area contributed by atoms with Crippen LogP contribution < -0.4 is 4.74 Å². The zero-order valence-electron chi connectivity index (χ0n) is 9.12. The van der Waals surface area contributed by atoms with Gasteiger partial charge in [0.05, 0.1) is 6.61 Å². The van der Waals surface area contributed by atoms with Gasteiger partial charge in [-0.1, -0.05) is 29.8 Å². The smallest absolute Gasteiger partial charge is 0.126 e. The van der Waals surface area contributed by atoms with Gasteiger partial charge in [-0.3, -0.25) is 0 Å². The Balaban J connectivity index is 2.45. The maximum absolute atomic E-state index is 5.62. The fourth-order valence-electron chi connectivity index (χ4n) is 2.02. The van der Waals surface area contributed by atoms with Gasteiger partial charge in [-0.05, 0) is 25.0 Å². The second-order valence-electron chi connectivity index (χ2n) is 3.85. The molecular formula is C14H16O. The molecule has 2 rings (SSSR count). The van der Waals surface area contributed by atoms with Gasteiger partial charge in [0.2, 0.25) is 0 Å². The van der Waals surface area contributed by atoms with Gasteiger partial charge in [-0.15, -0.1) is 6.58 Å². The van der Waals surface area contributed by atoms with Crippen molar-refractivity contribution in [2.75, 3.05) is 6.61 Å². The monoisotopic (exact) mass is 200 g/mol. The molecule has 1 aromatic rings. The maximum atomic E-state index is 5.62. The van der Waals surface area contributed by atoms with E-state index in [0.717, 1.165) is 25.2 Å². The van der Waals surface area contributed by atoms with Crippen LogP contribution in [0.25, 0.3) is 5.57 Å². The van der Waals surface area contributed by atoms with Crippen LogP contribution in [0, 0.1) is 0 Å². The lowest BCUT2D eigenvalue weighted by atomic mass is 9.94. The molecule has 0 aliphatic carbocycles. The standard InChI is InChI=1S/C14H16O/c1-3-6-11(2)12-9-10-15-14-8-5-4-7-13(12)14/h3-5,7-8H,1,6,9-10H2,2H3/b12-11-. The molecule has 0 aromatic heterocycles. The van der Waals surface area contributed by atoms with Crippen molar-refractivity contribution in [2.45, 2.75) is 19.8 Å². The lowest BCUT2D eigenvalue weighted by Crippen LogP contribution is -2.08. The Bertz CT molecular complexity index is 402. The van der Waals surface area contributed by atoms with E-state index in [2.05, 4.69) is 25.6 Å². The van der Waals surface area contributed by atoms with Crippen molar-refractivity contribution in [1.29, 1.82) is 0 Å². The number of fused-ring (bicyclic) bond motifs is 1. The third-order valence-electron chi connectivity index (χ3n) is 2.79. The Morgan fingerprint density at radius 1 is 1.47 bits per heavy atom. The fraction of sp³-hybridized carbons (Fsp3) is 0.286. The summed E-state index contributed by atoms with van der Waals surface area (Å²) in [6.07, 6.45) is 3.93. The highest BCUT2D eigenvalue weighted by Crippen LogP contribution is 2.35. The first-order chi connectivity index (χ1) is 7.33. The van der Waals surface area contributed by atoms with E-state index in [1.54, 1.807) is 0 Å². The summed E-state index contributed by atoms with van der Waals surface area (Å²) in [6, 6.07) is 8.26. The first kappa shape index (κ1) is 10.0. The summed E-state index contributed by atoms with van der Waals surface area (Å²) in [6.45, 7) is 6.76. The molecule has 0 unspecified atom stereocenters. The predicted octanol–water partition coefficient (Wildman–Crippen LogP) is 3.82. The maximum Gasteiger partial charge on any atom is 0.126 e. The molecule has 0 saturated carbocycles. The van der Waals surface area contributed by atoms with Gasteiger partial charge in [0.1, 0.15) is 5.75 Å². The summed E-state index contributed by atoms with van der Waals surface area (Å²) in [5.74, 6) is 1.02. The molecular weight excluding hydrogens is 184 g/mol. The van der Waals surface area contributed by atoms with E-state index in [-0.39, 0.29) is 0 Å². The summed E-state index contributed by atoms with van der Waals surface area (Å²) in [5.41, 5.74) is 4.08. The van der Waals surface area contributed by atoms with Crippen LogP contribution in [0.5, 0.6) is 5.75 Å². The van der Waals surface area contributed by atoms with E-state index in [0.29, 0.717) is 0 Å². The van der Waals surface area contributed by atoms with E-state index in [4.69, 9.17) is 4.74 Å². The van der Waals surface area contributed by atoms with Crippen LogP contribution in [-0.2, 0) is 0 Å². The third kappa shape index (κ3) is 1.96. The second-order valence-corrected chi connectivity index (χ2v) is 3.85. The van der Waals surface area contributed by atoms with Gasteiger partial charge < -0.3 is 4.74 Å². The largest absolute Gasteiger partial charge is 0.493 e. The molecule has 0 N–H and O–H groups in total. The first-order valence-corrected chi connectivity index (χ1v) is 5.34. The van der Waals surface area contributed by atoms with Crippen molar-refractivity contribution in [1.82, 2.24) is 0 Å². The van der Waals surface area contributed by atoms with E-state index in [9.17, 15) is 0 Å². The number of hydrogen-bond acceptors (Lipinski definition) is 1. The lowest BCUT2D eigenvalue weighted by Gasteiger charge is -2.21. The minimum absolute atomic E-state index is 0.792. The van der Waals surface area contributed by atoms with Crippen LogP contribution in [0.15, 0.2) is 42.5 Å². The summed E-state index contributed by atoms with van der Waals surface area (Å²) in [7, 11) is 0. The summed E-state index contributed by atoms with van der Waals surface area (Å²) in [5, 5.41) is 0. The van der Waals surface area contributed by atoms with Crippen molar-refractivity contribution < 1.29 is 4.74 Å². The summed E-state index contributed by atoms with van der Waals surface area (Å²) < 4.78 is 5.62. The highest BCUT2D eigenvalue weighted by molar-refractivity contribution is 5.74. The number of allylic oxidation sites excluding steroid dienone is 2. The van der Waals surface area contributed by atoms with Crippen LogP contribution >= 0.6 is 0 Å². The van der Waals surface area contributed by atoms with Crippen LogP contribution in [0.1, 0.15) is 25.3 Å². The van der Waals surface area contributed by atoms with Crippen molar-refractivity contribution >= 4 is 5.57 Å². The molecule has 1 aliphatic rings. The van der Waals surface area contributed by atoms with Crippen LogP contribution in [0.3, 0.4) is 0 Å². The highest BCUT2D eigenvalue weighted by Gasteiger charge is 2.15. The van der Waals surface area contributed by atoms with Crippen molar-refractivity contribution in [3.05, 3.63) is 48.1 Å². The molecule has 1 nitrogen and oxygen atoms in total. The molecule has 0 spiro atoms. The molecule has 0 bridgehead atoms. The molecule has 1 heterocycles. The average molecular weight is 200 g/mol. The number of rotatable bonds is 2. The van der Waals surface area contributed by atoms with Gasteiger partial charge in [-0.2, -0.15) is 0 Å². The highest BCUT2D eigenvalue weighted by atomic mass is 16.5. The van der Waals surface area contributed by atoms with Gasteiger partial charge in [0.25, 0.3) is 0 Å². The van der Waals surface area contributed by atoms with Crippen molar-refractivity contribution in [3.8, 4) is 5.75 Å². The molecule has 1 aliphatic heterocycles. The Morgan fingerprint density at radius 3 is 3.07 bits per heavy atom. The summed E-state index contributed by atoms with van der Waals surface area (Å²) >= 11 is 0. The molecule has 78 valence electrons. The van der Waals surface area contributed by atoms with Gasteiger partial charge in [0, 0.05) is 12.0 Å². The number of para-hydroxylation sites is 1. The van der Waals surface area contributed by atoms with E-state index >= 15 is 0 Å². The Hall–Kier alpha value is -1.50. The Kier molecular flexibility index (Phi) is 2.91. The topological polar surface area (TPSA) is 9.23 Å². The Labute approximate surface area is 91.1 Å². The van der Waals surface area contributed by atoms with Crippen LogP contribution in [0.4, 0.5) is 0 Å². The SMILES string of the molecule is C=CC/C(C)=C1/CCOc2ccccc21. The van der Waals surface area contributed by atoms with Crippen molar-refractivity contribution in [2.24, 2.45) is 0 Å². The molecule has 1 heteroatoms. The van der Waals surface area contributed by atoms with Crippen LogP contribution in [0.2, 0.25) is 0 Å². The zero-order chi connectivity index (χ0) is 10.7. The van der Waals surface area contributed by atoms with E-state index < -0.39 is 0 Å². The van der Waals surface area contributed by atoms with Gasteiger partial charge in [-0.25, -0.2) is 0 Å². The number of ether oxygens (including phenoxy) is 1. The minimum Gasteiger partial charge on any atom is -0.493 e. The molecule has 15 heavy (non-hydrogen) atoms. The number of hydrogen-bond donors (Lipinski definition) is 0. The number of benzene rings is 1. The quantitative estimate of drug-likeness (QED) is 0.659. The van der Waals surface area contributed by atoms with Gasteiger partial charge in [0.15, 0.2) is 0 Å². The van der Waals surface area contributed by atoms with E-state index in [1.165, 1.54) is 16.7 Å². The minimum atomic E-state index is 0.792. The molecule has 0 fully saturated rings. The fourth-order valence-corrected chi connectivity index (χ4v) is 2.02. The molecule has 0 radical (unpaired) electrons. The molecule has 0 atom stereocenters. The normalized spacial score (nSPS) is 17.7. The van der Waals surface area contributed by atoms with Crippen molar-refractivity contribution in [3.63, 3.8) is 0 Å². The molecule has 1 aromatic carbocycles. The first-order valence-electron chi connectivity index (χ1n) is 5.34. The lowest BCUT2D eigenvalue weighted by molar-refractivity contribution is 0.316. The zero-order valence-corrected chi connectivity index (χ0v) is 9.12. The average Bonchev–Trinajstić information content (AvgIpc) is 2.28. The summed E-state index contributed by atoms with van der Waals surface area (Å²) in [4.78, 5) is 0. The third-order valence-corrected chi connectivity index (χ3v) is 2.79. The van der Waals surface area contributed by atoms with Crippen LogP contribution in [-0.4, -0.2) is 6.61 Å².